The third-order valence-corrected chi connectivity index (χ3v) is 6.15. The minimum atomic E-state index is -0.433. The average Bonchev–Trinajstić information content (AvgIpc) is 3.37. The van der Waals surface area contributed by atoms with E-state index in [9.17, 15) is 9.18 Å². The van der Waals surface area contributed by atoms with Crippen molar-refractivity contribution in [2.24, 2.45) is 0 Å². The highest BCUT2D eigenvalue weighted by Crippen LogP contribution is 2.31. The summed E-state index contributed by atoms with van der Waals surface area (Å²) in [4.78, 5) is 14.9. The molecular formula is C23H23FN4O2S. The average molecular weight is 439 g/mol. The van der Waals surface area contributed by atoms with Crippen LogP contribution in [-0.4, -0.2) is 32.5 Å². The molecule has 160 valence electrons. The van der Waals surface area contributed by atoms with Crippen molar-refractivity contribution in [1.29, 1.82) is 0 Å². The molecule has 0 bridgehead atoms. The van der Waals surface area contributed by atoms with Gasteiger partial charge in [-0.3, -0.25) is 9.36 Å². The topological polar surface area (TPSA) is 60.2 Å². The van der Waals surface area contributed by atoms with Crippen LogP contribution in [0.3, 0.4) is 0 Å². The molecule has 1 atom stereocenters. The van der Waals surface area contributed by atoms with Gasteiger partial charge in [-0.05, 0) is 37.1 Å². The molecule has 4 rings (SSSR count). The van der Waals surface area contributed by atoms with Crippen molar-refractivity contribution in [3.8, 4) is 5.75 Å². The Balaban J connectivity index is 1.47. The van der Waals surface area contributed by atoms with Crippen LogP contribution in [0.25, 0.3) is 0 Å². The Bertz CT molecular complexity index is 1100. The monoisotopic (exact) mass is 438 g/mol. The molecule has 2 heterocycles. The molecule has 2 aromatic carbocycles. The van der Waals surface area contributed by atoms with Crippen LogP contribution in [0.15, 0.2) is 66.3 Å². The van der Waals surface area contributed by atoms with Gasteiger partial charge in [0.15, 0.2) is 22.5 Å². The molecule has 1 amide bonds. The van der Waals surface area contributed by atoms with Gasteiger partial charge in [0, 0.05) is 18.8 Å². The van der Waals surface area contributed by atoms with Crippen molar-refractivity contribution in [2.45, 2.75) is 36.9 Å². The number of anilines is 1. The van der Waals surface area contributed by atoms with Gasteiger partial charge in [0.05, 0.1) is 5.25 Å². The Morgan fingerprint density at radius 3 is 2.84 bits per heavy atom. The second kappa shape index (κ2) is 9.34. The lowest BCUT2D eigenvalue weighted by Crippen LogP contribution is -2.35. The first-order valence-corrected chi connectivity index (χ1v) is 10.9. The number of amides is 1. The number of allylic oxidation sites excluding steroid dienone is 1. The normalized spacial score (nSPS) is 13.7. The van der Waals surface area contributed by atoms with Crippen molar-refractivity contribution in [2.75, 3.05) is 11.4 Å². The smallest absolute Gasteiger partial charge is 0.240 e. The number of hydrogen-bond donors (Lipinski definition) is 0. The summed E-state index contributed by atoms with van der Waals surface area (Å²) in [5.41, 5.74) is 2.17. The van der Waals surface area contributed by atoms with Crippen LogP contribution < -0.4 is 9.64 Å². The number of nitrogens with zero attached hydrogens (tertiary/aromatic N) is 4. The Labute approximate surface area is 184 Å². The van der Waals surface area contributed by atoms with Gasteiger partial charge >= 0.3 is 0 Å². The van der Waals surface area contributed by atoms with Gasteiger partial charge in [0.25, 0.3) is 0 Å². The molecular weight excluding hydrogens is 415 g/mol. The summed E-state index contributed by atoms with van der Waals surface area (Å²) < 4.78 is 21.2. The van der Waals surface area contributed by atoms with E-state index in [0.717, 1.165) is 12.1 Å². The third-order valence-electron chi connectivity index (χ3n) is 5.08. The summed E-state index contributed by atoms with van der Waals surface area (Å²) in [6, 6.07) is 14.2. The Morgan fingerprint density at radius 1 is 1.26 bits per heavy atom. The number of para-hydroxylation sites is 2. The van der Waals surface area contributed by atoms with Gasteiger partial charge in [-0.25, -0.2) is 4.39 Å². The van der Waals surface area contributed by atoms with Gasteiger partial charge in [-0.2, -0.15) is 0 Å². The number of benzene rings is 2. The molecule has 0 N–H and O–H groups in total. The minimum absolute atomic E-state index is 0.0345. The van der Waals surface area contributed by atoms with E-state index in [1.165, 1.54) is 23.4 Å². The summed E-state index contributed by atoms with van der Waals surface area (Å²) in [5, 5.41) is 8.69. The van der Waals surface area contributed by atoms with E-state index >= 15 is 0 Å². The number of ether oxygens (including phenoxy) is 1. The number of aromatic nitrogens is 3. The molecule has 1 aliphatic heterocycles. The SMILES string of the molecule is C=CCn1c(COc2ccccc2F)nnc1SC(C)C(=O)N1CCc2ccccc21. The maximum atomic E-state index is 13.8. The maximum Gasteiger partial charge on any atom is 0.240 e. The molecule has 0 saturated carbocycles. The Kier molecular flexibility index (Phi) is 6.36. The number of halogens is 1. The predicted molar refractivity (Wildman–Crippen MR) is 119 cm³/mol. The molecule has 6 nitrogen and oxygen atoms in total. The molecule has 0 saturated heterocycles. The highest BCUT2D eigenvalue weighted by atomic mass is 32.2. The number of carbonyl (C=O) groups is 1. The van der Waals surface area contributed by atoms with Crippen LogP contribution in [0.1, 0.15) is 18.3 Å². The van der Waals surface area contributed by atoms with E-state index in [0.29, 0.717) is 24.1 Å². The Morgan fingerprint density at radius 2 is 2.03 bits per heavy atom. The summed E-state index contributed by atoms with van der Waals surface area (Å²) >= 11 is 1.35. The number of fused-ring (bicyclic) bond motifs is 1. The first kappa shape index (κ1) is 21.1. The lowest BCUT2D eigenvalue weighted by atomic mass is 10.2. The number of rotatable bonds is 8. The van der Waals surface area contributed by atoms with Crippen LogP contribution in [0, 0.1) is 5.82 Å². The third kappa shape index (κ3) is 4.49. The molecule has 1 unspecified atom stereocenters. The lowest BCUT2D eigenvalue weighted by Gasteiger charge is -2.21. The molecule has 1 aliphatic rings. The van der Waals surface area contributed by atoms with Gasteiger partial charge in [-0.15, -0.1) is 16.8 Å². The minimum Gasteiger partial charge on any atom is -0.483 e. The molecule has 1 aromatic heterocycles. The van der Waals surface area contributed by atoms with Crippen molar-refractivity contribution >= 4 is 23.4 Å². The summed E-state index contributed by atoms with van der Waals surface area (Å²) in [7, 11) is 0. The standard InChI is InChI=1S/C23H23FN4O2S/c1-3-13-28-21(15-30-20-11-7-5-9-18(20)24)25-26-23(28)31-16(2)22(29)27-14-12-17-8-4-6-10-19(17)27/h3-11,16H,1,12-15H2,2H3. The molecule has 0 radical (unpaired) electrons. The summed E-state index contributed by atoms with van der Waals surface area (Å²) in [6.45, 7) is 6.86. The van der Waals surface area contributed by atoms with E-state index in [1.807, 2.05) is 34.6 Å². The highest BCUT2D eigenvalue weighted by Gasteiger charge is 2.29. The number of carbonyl (C=O) groups excluding carboxylic acids is 1. The molecule has 0 aliphatic carbocycles. The van der Waals surface area contributed by atoms with Gasteiger partial charge in [0.2, 0.25) is 5.91 Å². The van der Waals surface area contributed by atoms with E-state index in [2.05, 4.69) is 22.8 Å². The largest absolute Gasteiger partial charge is 0.483 e. The van der Waals surface area contributed by atoms with Crippen LogP contribution in [0.4, 0.5) is 10.1 Å². The van der Waals surface area contributed by atoms with E-state index in [1.54, 1.807) is 24.3 Å². The van der Waals surface area contributed by atoms with Gasteiger partial charge in [0.1, 0.15) is 6.61 Å². The summed E-state index contributed by atoms with van der Waals surface area (Å²) in [6.07, 6.45) is 2.59. The van der Waals surface area contributed by atoms with Crippen molar-refractivity contribution in [3.05, 3.63) is 78.4 Å². The fourth-order valence-electron chi connectivity index (χ4n) is 3.52. The van der Waals surface area contributed by atoms with Crippen LogP contribution in [-0.2, 0) is 24.4 Å². The molecule has 8 heteroatoms. The molecule has 31 heavy (non-hydrogen) atoms. The van der Waals surface area contributed by atoms with E-state index < -0.39 is 5.82 Å². The fraction of sp³-hybridized carbons (Fsp3) is 0.261. The maximum absolute atomic E-state index is 13.8. The predicted octanol–water partition coefficient (Wildman–Crippen LogP) is 4.25. The highest BCUT2D eigenvalue weighted by molar-refractivity contribution is 8.00. The Hall–Kier alpha value is -3.13. The quantitative estimate of drug-likeness (QED) is 0.389. The van der Waals surface area contributed by atoms with Crippen molar-refractivity contribution in [3.63, 3.8) is 0 Å². The van der Waals surface area contributed by atoms with Gasteiger partial charge < -0.3 is 9.64 Å². The molecule has 0 fully saturated rings. The zero-order chi connectivity index (χ0) is 21.8. The van der Waals surface area contributed by atoms with Crippen LogP contribution in [0.2, 0.25) is 0 Å². The zero-order valence-corrected chi connectivity index (χ0v) is 18.0. The second-order valence-corrected chi connectivity index (χ2v) is 8.45. The molecule has 3 aromatic rings. The van der Waals surface area contributed by atoms with Crippen LogP contribution in [0.5, 0.6) is 5.75 Å². The van der Waals surface area contributed by atoms with E-state index in [-0.39, 0.29) is 23.5 Å². The van der Waals surface area contributed by atoms with Gasteiger partial charge in [-0.1, -0.05) is 48.2 Å². The fourth-order valence-corrected chi connectivity index (χ4v) is 4.46. The first-order valence-electron chi connectivity index (χ1n) is 10.0. The van der Waals surface area contributed by atoms with Crippen molar-refractivity contribution in [1.82, 2.24) is 14.8 Å². The zero-order valence-electron chi connectivity index (χ0n) is 17.2. The first-order chi connectivity index (χ1) is 15.1. The van der Waals surface area contributed by atoms with E-state index in [4.69, 9.17) is 4.74 Å². The summed E-state index contributed by atoms with van der Waals surface area (Å²) in [5.74, 6) is 0.294. The number of thioether (sulfide) groups is 1. The van der Waals surface area contributed by atoms with Crippen molar-refractivity contribution < 1.29 is 13.9 Å². The second-order valence-electron chi connectivity index (χ2n) is 7.15. The lowest BCUT2D eigenvalue weighted by molar-refractivity contribution is -0.117. The van der Waals surface area contributed by atoms with Crippen LogP contribution >= 0.6 is 11.8 Å². The number of hydrogen-bond acceptors (Lipinski definition) is 5. The molecule has 0 spiro atoms.